The second-order valence-electron chi connectivity index (χ2n) is 5.54. The van der Waals surface area contributed by atoms with E-state index in [1.54, 1.807) is 0 Å². The number of hydrogen-bond donors (Lipinski definition) is 2. The molecular weight excluding hydrogens is 316 g/mol. The molecular formula is C20H26N2O3. The Morgan fingerprint density at radius 3 is 2.48 bits per heavy atom. The maximum Gasteiger partial charge on any atom is 0.319 e. The summed E-state index contributed by atoms with van der Waals surface area (Å²) >= 11 is 0. The minimum Gasteiger partial charge on any atom is -0.494 e. The zero-order valence-corrected chi connectivity index (χ0v) is 14.7. The van der Waals surface area contributed by atoms with Gasteiger partial charge in [0, 0.05) is 18.8 Å². The van der Waals surface area contributed by atoms with Gasteiger partial charge in [0.05, 0.1) is 13.2 Å². The van der Waals surface area contributed by atoms with Gasteiger partial charge in [-0.2, -0.15) is 0 Å². The molecule has 5 nitrogen and oxygen atoms in total. The molecule has 0 fully saturated rings. The van der Waals surface area contributed by atoms with Gasteiger partial charge in [-0.3, -0.25) is 0 Å². The molecule has 5 heteroatoms. The third-order valence-corrected chi connectivity index (χ3v) is 3.55. The molecule has 2 aromatic carbocycles. The lowest BCUT2D eigenvalue weighted by atomic mass is 10.2. The lowest BCUT2D eigenvalue weighted by Crippen LogP contribution is -2.30. The maximum absolute atomic E-state index is 11.8. The largest absolute Gasteiger partial charge is 0.494 e. The molecule has 0 heterocycles. The summed E-state index contributed by atoms with van der Waals surface area (Å²) in [6.07, 6.45) is 1.69. The van der Waals surface area contributed by atoms with Crippen molar-refractivity contribution in [3.63, 3.8) is 0 Å². The van der Waals surface area contributed by atoms with Crippen molar-refractivity contribution < 1.29 is 14.3 Å². The molecule has 0 bridgehead atoms. The summed E-state index contributed by atoms with van der Waals surface area (Å²) in [6.45, 7) is 4.47. The Kier molecular flexibility index (Phi) is 8.35. The van der Waals surface area contributed by atoms with E-state index in [4.69, 9.17) is 9.47 Å². The van der Waals surface area contributed by atoms with Crippen LogP contribution in [0.5, 0.6) is 5.75 Å². The smallest absolute Gasteiger partial charge is 0.319 e. The maximum atomic E-state index is 11.8. The molecule has 2 aromatic rings. The molecule has 0 aromatic heterocycles. The van der Waals surface area contributed by atoms with E-state index in [0.29, 0.717) is 26.4 Å². The Morgan fingerprint density at radius 1 is 1.00 bits per heavy atom. The average molecular weight is 342 g/mol. The van der Waals surface area contributed by atoms with Crippen LogP contribution in [0.25, 0.3) is 0 Å². The van der Waals surface area contributed by atoms with Gasteiger partial charge in [-0.15, -0.1) is 0 Å². The number of urea groups is 1. The van der Waals surface area contributed by atoms with Crippen molar-refractivity contribution >= 4 is 11.7 Å². The molecule has 0 atom stereocenters. The summed E-state index contributed by atoms with van der Waals surface area (Å²) in [4.78, 5) is 11.8. The lowest BCUT2D eigenvalue weighted by molar-refractivity contribution is 0.135. The number of rotatable bonds is 10. The molecule has 134 valence electrons. The number of carbonyl (C=O) groups is 1. The number of anilines is 1. The van der Waals surface area contributed by atoms with E-state index in [9.17, 15) is 4.79 Å². The number of benzene rings is 2. The fourth-order valence-electron chi connectivity index (χ4n) is 2.29. The van der Waals surface area contributed by atoms with Gasteiger partial charge in [-0.05, 0) is 49.6 Å². The minimum atomic E-state index is -0.214. The predicted molar refractivity (Wildman–Crippen MR) is 100 cm³/mol. The van der Waals surface area contributed by atoms with Gasteiger partial charge in [-0.25, -0.2) is 4.79 Å². The number of ether oxygens (including phenoxy) is 2. The van der Waals surface area contributed by atoms with E-state index in [1.165, 1.54) is 5.56 Å². The summed E-state index contributed by atoms with van der Waals surface area (Å²) < 4.78 is 11.0. The monoisotopic (exact) mass is 342 g/mol. The van der Waals surface area contributed by atoms with Gasteiger partial charge < -0.3 is 20.1 Å². The third kappa shape index (κ3) is 7.72. The summed E-state index contributed by atoms with van der Waals surface area (Å²) in [5.41, 5.74) is 2.01. The van der Waals surface area contributed by atoms with Crippen LogP contribution in [0.3, 0.4) is 0 Å². The van der Waals surface area contributed by atoms with E-state index in [1.807, 2.05) is 49.4 Å². The van der Waals surface area contributed by atoms with E-state index >= 15 is 0 Å². The average Bonchev–Trinajstić information content (AvgIpc) is 2.64. The Morgan fingerprint density at radius 2 is 1.76 bits per heavy atom. The van der Waals surface area contributed by atoms with E-state index in [0.717, 1.165) is 24.3 Å². The minimum absolute atomic E-state index is 0.214. The van der Waals surface area contributed by atoms with Gasteiger partial charge >= 0.3 is 6.03 Å². The first-order chi connectivity index (χ1) is 12.3. The topological polar surface area (TPSA) is 59.6 Å². The molecule has 0 aliphatic heterocycles. The molecule has 0 saturated carbocycles. The molecule has 0 spiro atoms. The van der Waals surface area contributed by atoms with Crippen LogP contribution in [-0.4, -0.2) is 32.4 Å². The SMILES string of the molecule is CCOc1ccc(NC(=O)NCCCOCCc2ccccc2)cc1. The fraction of sp³-hybridized carbons (Fsp3) is 0.350. The van der Waals surface area contributed by atoms with Crippen molar-refractivity contribution in [2.24, 2.45) is 0 Å². The summed E-state index contributed by atoms with van der Waals surface area (Å²) in [6, 6.07) is 17.3. The molecule has 2 rings (SSSR count). The van der Waals surface area contributed by atoms with Crippen molar-refractivity contribution in [2.75, 3.05) is 31.7 Å². The van der Waals surface area contributed by atoms with Crippen LogP contribution < -0.4 is 15.4 Å². The predicted octanol–water partition coefficient (Wildman–Crippen LogP) is 3.86. The quantitative estimate of drug-likeness (QED) is 0.645. The fourth-order valence-corrected chi connectivity index (χ4v) is 2.29. The number of hydrogen-bond acceptors (Lipinski definition) is 3. The first kappa shape index (κ1) is 18.8. The highest BCUT2D eigenvalue weighted by atomic mass is 16.5. The van der Waals surface area contributed by atoms with Gasteiger partial charge in [0.15, 0.2) is 0 Å². The zero-order chi connectivity index (χ0) is 17.7. The summed E-state index contributed by atoms with van der Waals surface area (Å²) in [7, 11) is 0. The number of nitrogens with one attached hydrogen (secondary N) is 2. The molecule has 2 N–H and O–H groups in total. The molecule has 2 amide bonds. The first-order valence-corrected chi connectivity index (χ1v) is 8.67. The summed E-state index contributed by atoms with van der Waals surface area (Å²) in [5.74, 6) is 0.793. The second-order valence-corrected chi connectivity index (χ2v) is 5.54. The van der Waals surface area contributed by atoms with Crippen LogP contribution in [0, 0.1) is 0 Å². The first-order valence-electron chi connectivity index (χ1n) is 8.67. The van der Waals surface area contributed by atoms with Crippen LogP contribution in [0.4, 0.5) is 10.5 Å². The van der Waals surface area contributed by atoms with Crippen molar-refractivity contribution in [2.45, 2.75) is 19.8 Å². The normalized spacial score (nSPS) is 10.3. The summed E-state index contributed by atoms with van der Waals surface area (Å²) in [5, 5.41) is 5.61. The molecule has 0 aliphatic rings. The second kappa shape index (κ2) is 11.1. The van der Waals surface area contributed by atoms with Crippen molar-refractivity contribution in [1.82, 2.24) is 5.32 Å². The Bertz CT molecular complexity index is 615. The van der Waals surface area contributed by atoms with Crippen molar-refractivity contribution in [3.8, 4) is 5.75 Å². The van der Waals surface area contributed by atoms with Gasteiger partial charge in [-0.1, -0.05) is 30.3 Å². The zero-order valence-electron chi connectivity index (χ0n) is 14.7. The van der Waals surface area contributed by atoms with Crippen LogP contribution in [-0.2, 0) is 11.2 Å². The highest BCUT2D eigenvalue weighted by Gasteiger charge is 2.01. The molecule has 0 unspecified atom stereocenters. The van der Waals surface area contributed by atoms with E-state index < -0.39 is 0 Å². The van der Waals surface area contributed by atoms with Gasteiger partial charge in [0.25, 0.3) is 0 Å². The molecule has 0 aliphatic carbocycles. The van der Waals surface area contributed by atoms with E-state index in [-0.39, 0.29) is 6.03 Å². The number of carbonyl (C=O) groups excluding carboxylic acids is 1. The Balaban J connectivity index is 1.52. The highest BCUT2D eigenvalue weighted by Crippen LogP contribution is 2.15. The van der Waals surface area contributed by atoms with Crippen LogP contribution >= 0.6 is 0 Å². The van der Waals surface area contributed by atoms with E-state index in [2.05, 4.69) is 22.8 Å². The lowest BCUT2D eigenvalue weighted by Gasteiger charge is -2.09. The van der Waals surface area contributed by atoms with Crippen molar-refractivity contribution in [3.05, 3.63) is 60.2 Å². The third-order valence-electron chi connectivity index (χ3n) is 3.55. The standard InChI is InChI=1S/C20H26N2O3/c1-2-25-19-11-9-18(10-12-19)22-20(23)21-14-6-15-24-16-13-17-7-4-3-5-8-17/h3-5,7-12H,2,6,13-16H2,1H3,(H2,21,22,23). The Hall–Kier alpha value is -2.53. The van der Waals surface area contributed by atoms with Gasteiger partial charge in [0.1, 0.15) is 5.75 Å². The van der Waals surface area contributed by atoms with Crippen LogP contribution in [0.1, 0.15) is 18.9 Å². The molecule has 0 saturated heterocycles. The van der Waals surface area contributed by atoms with Crippen LogP contribution in [0.2, 0.25) is 0 Å². The van der Waals surface area contributed by atoms with Crippen molar-refractivity contribution in [1.29, 1.82) is 0 Å². The highest BCUT2D eigenvalue weighted by molar-refractivity contribution is 5.89. The molecule has 25 heavy (non-hydrogen) atoms. The number of amides is 2. The molecule has 0 radical (unpaired) electrons. The van der Waals surface area contributed by atoms with Gasteiger partial charge in [0.2, 0.25) is 0 Å². The Labute approximate surface area is 149 Å². The van der Waals surface area contributed by atoms with Crippen LogP contribution in [0.15, 0.2) is 54.6 Å².